The molecule has 0 spiro atoms. The van der Waals surface area contributed by atoms with E-state index in [0.29, 0.717) is 16.5 Å². The van der Waals surface area contributed by atoms with Gasteiger partial charge < -0.3 is 9.88 Å². The van der Waals surface area contributed by atoms with Crippen molar-refractivity contribution in [3.63, 3.8) is 0 Å². The van der Waals surface area contributed by atoms with E-state index >= 15 is 0 Å². The first kappa shape index (κ1) is 19.4. The van der Waals surface area contributed by atoms with Crippen molar-refractivity contribution >= 4 is 59.7 Å². The summed E-state index contributed by atoms with van der Waals surface area (Å²) in [4.78, 5) is 32.2. The molecule has 0 saturated heterocycles. The summed E-state index contributed by atoms with van der Waals surface area (Å²) in [6.07, 6.45) is 1.49. The molecule has 0 saturated carbocycles. The van der Waals surface area contributed by atoms with Crippen LogP contribution in [-0.2, 0) is 26.0 Å². The maximum Gasteiger partial charge on any atom is 0.263 e. The molecule has 0 aliphatic rings. The number of para-hydroxylation sites is 1. The zero-order chi connectivity index (χ0) is 19.4. The van der Waals surface area contributed by atoms with Crippen molar-refractivity contribution in [1.29, 1.82) is 0 Å². The number of benzene rings is 1. The molecule has 1 aromatic carbocycles. The van der Waals surface area contributed by atoms with E-state index in [1.165, 1.54) is 28.9 Å². The lowest BCUT2D eigenvalue weighted by Gasteiger charge is -2.02. The molecular weight excluding hydrogens is 408 g/mol. The summed E-state index contributed by atoms with van der Waals surface area (Å²) < 4.78 is 27.1. The Bertz CT molecular complexity index is 1140. The number of rotatable bonds is 6. The van der Waals surface area contributed by atoms with Crippen LogP contribution in [0.3, 0.4) is 0 Å². The van der Waals surface area contributed by atoms with Crippen molar-refractivity contribution in [2.75, 3.05) is 16.8 Å². The van der Waals surface area contributed by atoms with Crippen LogP contribution in [0.1, 0.15) is 6.92 Å². The maximum atomic E-state index is 12.2. The van der Waals surface area contributed by atoms with Gasteiger partial charge in [0.15, 0.2) is 19.8 Å². The smallest absolute Gasteiger partial charge is 0.263 e. The van der Waals surface area contributed by atoms with Crippen molar-refractivity contribution in [3.05, 3.63) is 40.6 Å². The number of sulfone groups is 1. The van der Waals surface area contributed by atoms with Gasteiger partial charge in [-0.25, -0.2) is 13.4 Å². The quantitative estimate of drug-likeness (QED) is 0.647. The highest BCUT2D eigenvalue weighted by atomic mass is 32.2. The minimum Gasteiger partial charge on any atom is -0.317 e. The van der Waals surface area contributed by atoms with E-state index in [1.807, 2.05) is 35.8 Å². The number of carbonyl (C=O) groups is 2. The SMILES string of the molecule is CCn1c(=NC(=O)CS(=O)(=O)CC(=O)Nc2nccs2)sc2ccccc21. The molecule has 0 bridgehead atoms. The standard InChI is InChI=1S/C16H16N4O4S3/c1-2-20-11-5-3-4-6-12(11)26-16(20)19-14(22)10-27(23,24)9-13(21)18-15-17-7-8-25-15/h3-8H,2,9-10H2,1H3,(H,17,18,21). The molecule has 0 aliphatic carbocycles. The van der Waals surface area contributed by atoms with Crippen LogP contribution in [0.5, 0.6) is 0 Å². The number of nitrogens with zero attached hydrogens (tertiary/aromatic N) is 3. The van der Waals surface area contributed by atoms with Crippen LogP contribution in [0, 0.1) is 0 Å². The molecule has 0 fully saturated rings. The molecule has 1 N–H and O–H groups in total. The number of carbonyl (C=O) groups excluding carboxylic acids is 2. The van der Waals surface area contributed by atoms with Crippen LogP contribution in [0.25, 0.3) is 10.2 Å². The molecule has 0 unspecified atom stereocenters. The number of anilines is 1. The second-order valence-corrected chi connectivity index (χ2v) is 9.49. The minimum absolute atomic E-state index is 0.306. The van der Waals surface area contributed by atoms with E-state index in [0.717, 1.165) is 10.2 Å². The first-order valence-corrected chi connectivity index (χ1v) is 11.5. The van der Waals surface area contributed by atoms with Gasteiger partial charge in [-0.05, 0) is 19.1 Å². The highest BCUT2D eigenvalue weighted by molar-refractivity contribution is 7.92. The first-order valence-electron chi connectivity index (χ1n) is 7.93. The Morgan fingerprint density at radius 2 is 2.04 bits per heavy atom. The molecule has 27 heavy (non-hydrogen) atoms. The van der Waals surface area contributed by atoms with Crippen molar-refractivity contribution < 1.29 is 18.0 Å². The summed E-state index contributed by atoms with van der Waals surface area (Å²) in [7, 11) is -3.94. The molecule has 142 valence electrons. The van der Waals surface area contributed by atoms with Crippen LogP contribution in [-0.4, -0.2) is 41.3 Å². The summed E-state index contributed by atoms with van der Waals surface area (Å²) in [5.74, 6) is -3.15. The van der Waals surface area contributed by atoms with Gasteiger partial charge >= 0.3 is 0 Å². The van der Waals surface area contributed by atoms with Gasteiger partial charge in [0, 0.05) is 18.1 Å². The lowest BCUT2D eigenvalue weighted by Crippen LogP contribution is -2.28. The summed E-state index contributed by atoms with van der Waals surface area (Å²) in [5.41, 5.74) is 0.933. The highest BCUT2D eigenvalue weighted by Gasteiger charge is 2.21. The molecule has 11 heteroatoms. The molecule has 2 amide bonds. The Labute approximate surface area is 163 Å². The number of fused-ring (bicyclic) bond motifs is 1. The van der Waals surface area contributed by atoms with Gasteiger partial charge in [-0.15, -0.1) is 11.3 Å². The van der Waals surface area contributed by atoms with Crippen molar-refractivity contribution in [2.45, 2.75) is 13.5 Å². The molecule has 2 heterocycles. The van der Waals surface area contributed by atoms with Crippen molar-refractivity contribution in [3.8, 4) is 0 Å². The van der Waals surface area contributed by atoms with Crippen LogP contribution >= 0.6 is 22.7 Å². The third-order valence-corrected chi connectivity index (χ3v) is 6.63. The van der Waals surface area contributed by atoms with Gasteiger partial charge in [-0.1, -0.05) is 23.5 Å². The van der Waals surface area contributed by atoms with Gasteiger partial charge in [0.1, 0.15) is 11.5 Å². The lowest BCUT2D eigenvalue weighted by molar-refractivity contribution is -0.115. The average molecular weight is 425 g/mol. The largest absolute Gasteiger partial charge is 0.317 e. The topological polar surface area (TPSA) is 110 Å². The Balaban J connectivity index is 1.74. The summed E-state index contributed by atoms with van der Waals surface area (Å²) >= 11 is 2.49. The van der Waals surface area contributed by atoms with Crippen LogP contribution in [0.4, 0.5) is 5.13 Å². The number of hydrogen-bond acceptors (Lipinski definition) is 7. The fourth-order valence-corrected chi connectivity index (χ4v) is 5.10. The number of nitrogens with one attached hydrogen (secondary N) is 1. The summed E-state index contributed by atoms with van der Waals surface area (Å²) in [5, 5.41) is 4.34. The predicted molar refractivity (Wildman–Crippen MR) is 105 cm³/mol. The molecular formula is C16H16N4O4S3. The van der Waals surface area contributed by atoms with E-state index < -0.39 is 33.2 Å². The van der Waals surface area contributed by atoms with Gasteiger partial charge in [-0.3, -0.25) is 9.59 Å². The monoisotopic (exact) mass is 424 g/mol. The van der Waals surface area contributed by atoms with E-state index in [4.69, 9.17) is 0 Å². The van der Waals surface area contributed by atoms with Crippen LogP contribution in [0.2, 0.25) is 0 Å². The third kappa shape index (κ3) is 4.87. The lowest BCUT2D eigenvalue weighted by atomic mass is 10.3. The molecule has 0 radical (unpaired) electrons. The molecule has 3 rings (SSSR count). The Morgan fingerprint density at radius 3 is 2.74 bits per heavy atom. The number of amides is 2. The predicted octanol–water partition coefficient (Wildman–Crippen LogP) is 1.66. The van der Waals surface area contributed by atoms with Crippen LogP contribution in [0.15, 0.2) is 40.8 Å². The van der Waals surface area contributed by atoms with Crippen LogP contribution < -0.4 is 10.1 Å². The normalized spacial score (nSPS) is 12.4. The summed E-state index contributed by atoms with van der Waals surface area (Å²) in [6.45, 7) is 2.52. The Morgan fingerprint density at radius 1 is 1.26 bits per heavy atom. The maximum absolute atomic E-state index is 12.2. The number of thiazole rings is 2. The van der Waals surface area contributed by atoms with Crippen molar-refractivity contribution in [2.24, 2.45) is 4.99 Å². The fourth-order valence-electron chi connectivity index (χ4n) is 2.43. The Hall–Kier alpha value is -2.37. The second-order valence-electron chi connectivity index (χ2n) is 5.52. The molecule has 0 aliphatic heterocycles. The fraction of sp³-hybridized carbons (Fsp3) is 0.250. The van der Waals surface area contributed by atoms with Gasteiger partial charge in [0.05, 0.1) is 10.2 Å². The number of hydrogen-bond donors (Lipinski definition) is 1. The van der Waals surface area contributed by atoms with E-state index in [-0.39, 0.29) is 0 Å². The van der Waals surface area contributed by atoms with Gasteiger partial charge in [0.25, 0.3) is 5.91 Å². The van der Waals surface area contributed by atoms with E-state index in [9.17, 15) is 18.0 Å². The molecule has 0 atom stereocenters. The van der Waals surface area contributed by atoms with Gasteiger partial charge in [0.2, 0.25) is 5.91 Å². The zero-order valence-electron chi connectivity index (χ0n) is 14.3. The third-order valence-electron chi connectivity index (χ3n) is 3.50. The van der Waals surface area contributed by atoms with E-state index in [1.54, 1.807) is 5.38 Å². The molecule has 2 aromatic heterocycles. The second kappa shape index (κ2) is 8.11. The average Bonchev–Trinajstić information content (AvgIpc) is 3.20. The Kier molecular flexibility index (Phi) is 5.82. The number of aryl methyl sites for hydroxylation is 1. The minimum atomic E-state index is -3.94. The van der Waals surface area contributed by atoms with Gasteiger partial charge in [-0.2, -0.15) is 4.99 Å². The highest BCUT2D eigenvalue weighted by Crippen LogP contribution is 2.16. The zero-order valence-corrected chi connectivity index (χ0v) is 16.7. The first-order chi connectivity index (χ1) is 12.9. The molecule has 3 aromatic rings. The van der Waals surface area contributed by atoms with E-state index in [2.05, 4.69) is 15.3 Å². The number of aromatic nitrogens is 2. The molecule has 8 nitrogen and oxygen atoms in total. The summed E-state index contributed by atoms with van der Waals surface area (Å²) in [6, 6.07) is 7.60. The van der Waals surface area contributed by atoms with Crippen molar-refractivity contribution in [1.82, 2.24) is 9.55 Å².